The zero-order valence-corrected chi connectivity index (χ0v) is 10.9. The minimum absolute atomic E-state index is 0.105. The third-order valence-corrected chi connectivity index (χ3v) is 2.92. The van der Waals surface area contributed by atoms with E-state index in [0.717, 1.165) is 0 Å². The molecule has 1 fully saturated rings. The van der Waals surface area contributed by atoms with E-state index in [2.05, 4.69) is 20.0 Å². The standard InChI is InChI=1S/C12H15N3O5/c1-19-12(18)8-5-13-6-10(15-8)14-4-7-2-3-9(20-7)11(16)17/h5-7,9H,2-4H2,1H3,(H,14,15)(H,16,17). The number of carboxylic acids is 1. The Morgan fingerprint density at radius 1 is 1.50 bits per heavy atom. The third-order valence-electron chi connectivity index (χ3n) is 2.92. The highest BCUT2D eigenvalue weighted by molar-refractivity contribution is 5.87. The first kappa shape index (κ1) is 14.2. The van der Waals surface area contributed by atoms with Crippen LogP contribution >= 0.6 is 0 Å². The minimum Gasteiger partial charge on any atom is -0.479 e. The molecular weight excluding hydrogens is 266 g/mol. The minimum atomic E-state index is -0.944. The summed E-state index contributed by atoms with van der Waals surface area (Å²) in [6.45, 7) is 0.406. The predicted octanol–water partition coefficient (Wildman–Crippen LogP) is 0.307. The highest BCUT2D eigenvalue weighted by Gasteiger charge is 2.30. The van der Waals surface area contributed by atoms with Gasteiger partial charge in [0.05, 0.1) is 25.6 Å². The first-order valence-electron chi connectivity index (χ1n) is 6.12. The lowest BCUT2D eigenvalue weighted by atomic mass is 10.2. The van der Waals surface area contributed by atoms with Gasteiger partial charge in [0.15, 0.2) is 11.8 Å². The van der Waals surface area contributed by atoms with Crippen molar-refractivity contribution in [1.82, 2.24) is 9.97 Å². The smallest absolute Gasteiger partial charge is 0.358 e. The largest absolute Gasteiger partial charge is 0.479 e. The second kappa shape index (κ2) is 6.29. The zero-order chi connectivity index (χ0) is 14.5. The summed E-state index contributed by atoms with van der Waals surface area (Å²) in [5, 5.41) is 11.8. The van der Waals surface area contributed by atoms with E-state index in [1.165, 1.54) is 19.5 Å². The number of anilines is 1. The molecule has 1 aromatic heterocycles. The number of ether oxygens (including phenoxy) is 2. The second-order valence-corrected chi connectivity index (χ2v) is 4.32. The SMILES string of the molecule is COC(=O)c1cncc(NCC2CCC(C(=O)O)O2)n1. The van der Waals surface area contributed by atoms with E-state index < -0.39 is 18.0 Å². The summed E-state index contributed by atoms with van der Waals surface area (Å²) < 4.78 is 9.89. The van der Waals surface area contributed by atoms with Crippen LogP contribution in [-0.4, -0.2) is 52.9 Å². The summed E-state index contributed by atoms with van der Waals surface area (Å²) in [6, 6.07) is 0. The van der Waals surface area contributed by atoms with E-state index in [1.54, 1.807) is 0 Å². The molecule has 8 heteroatoms. The Hall–Kier alpha value is -2.22. The fraction of sp³-hybridized carbons (Fsp3) is 0.500. The molecule has 0 spiro atoms. The number of esters is 1. The molecule has 0 amide bonds. The number of carbonyl (C=O) groups is 2. The van der Waals surface area contributed by atoms with Gasteiger partial charge in [-0.1, -0.05) is 0 Å². The van der Waals surface area contributed by atoms with Crippen LogP contribution < -0.4 is 5.32 Å². The van der Waals surface area contributed by atoms with Crippen molar-refractivity contribution in [3.05, 3.63) is 18.1 Å². The molecule has 0 saturated carbocycles. The number of rotatable bonds is 5. The molecule has 0 aliphatic carbocycles. The number of carbonyl (C=O) groups excluding carboxylic acids is 1. The van der Waals surface area contributed by atoms with E-state index in [0.29, 0.717) is 25.2 Å². The summed E-state index contributed by atoms with van der Waals surface area (Å²) in [4.78, 5) is 30.0. The lowest BCUT2D eigenvalue weighted by Crippen LogP contribution is -2.25. The molecule has 1 aliphatic rings. The molecule has 0 bridgehead atoms. The quantitative estimate of drug-likeness (QED) is 0.742. The highest BCUT2D eigenvalue weighted by Crippen LogP contribution is 2.20. The van der Waals surface area contributed by atoms with Gasteiger partial charge in [0, 0.05) is 6.54 Å². The molecule has 1 saturated heterocycles. The maximum absolute atomic E-state index is 11.3. The number of hydrogen-bond acceptors (Lipinski definition) is 7. The van der Waals surface area contributed by atoms with Crippen molar-refractivity contribution in [3.8, 4) is 0 Å². The molecule has 2 atom stereocenters. The molecule has 0 radical (unpaired) electrons. The Kier molecular flexibility index (Phi) is 4.46. The number of methoxy groups -OCH3 is 1. The van der Waals surface area contributed by atoms with Crippen LogP contribution in [-0.2, 0) is 14.3 Å². The summed E-state index contributed by atoms with van der Waals surface area (Å²) in [6.07, 6.45) is 3.00. The molecule has 8 nitrogen and oxygen atoms in total. The van der Waals surface area contributed by atoms with E-state index >= 15 is 0 Å². The van der Waals surface area contributed by atoms with Crippen LogP contribution in [0.3, 0.4) is 0 Å². The van der Waals surface area contributed by atoms with Crippen LogP contribution in [0.2, 0.25) is 0 Å². The maximum atomic E-state index is 11.3. The van der Waals surface area contributed by atoms with Crippen LogP contribution in [0.15, 0.2) is 12.4 Å². The molecular formula is C12H15N3O5. The Morgan fingerprint density at radius 2 is 2.30 bits per heavy atom. The monoisotopic (exact) mass is 281 g/mol. The number of carboxylic acid groups (broad SMARTS) is 1. The van der Waals surface area contributed by atoms with Gasteiger partial charge in [0.2, 0.25) is 0 Å². The first-order chi connectivity index (χ1) is 9.60. The van der Waals surface area contributed by atoms with Crippen molar-refractivity contribution in [1.29, 1.82) is 0 Å². The van der Waals surface area contributed by atoms with Gasteiger partial charge < -0.3 is 19.9 Å². The fourth-order valence-corrected chi connectivity index (χ4v) is 1.91. The number of aliphatic carboxylic acids is 1. The average Bonchev–Trinajstić information content (AvgIpc) is 2.93. The van der Waals surface area contributed by atoms with E-state index in [4.69, 9.17) is 9.84 Å². The molecule has 2 N–H and O–H groups in total. The molecule has 108 valence electrons. The first-order valence-corrected chi connectivity index (χ1v) is 6.12. The van der Waals surface area contributed by atoms with Crippen LogP contribution in [0.1, 0.15) is 23.3 Å². The third kappa shape index (κ3) is 3.41. The van der Waals surface area contributed by atoms with Gasteiger partial charge in [0.25, 0.3) is 0 Å². The normalized spacial score (nSPS) is 21.4. The molecule has 1 aromatic rings. The van der Waals surface area contributed by atoms with E-state index in [1.807, 2.05) is 0 Å². The maximum Gasteiger partial charge on any atom is 0.358 e. The number of nitrogens with zero attached hydrogens (tertiary/aromatic N) is 2. The van der Waals surface area contributed by atoms with Crippen LogP contribution in [0.4, 0.5) is 5.82 Å². The predicted molar refractivity (Wildman–Crippen MR) is 67.4 cm³/mol. The molecule has 1 aliphatic heterocycles. The van der Waals surface area contributed by atoms with Crippen molar-refractivity contribution < 1.29 is 24.2 Å². The lowest BCUT2D eigenvalue weighted by molar-refractivity contribution is -0.149. The molecule has 2 unspecified atom stereocenters. The fourth-order valence-electron chi connectivity index (χ4n) is 1.91. The summed E-state index contributed by atoms with van der Waals surface area (Å²) in [5.41, 5.74) is 0.105. The highest BCUT2D eigenvalue weighted by atomic mass is 16.5. The Labute approximate surface area is 115 Å². The van der Waals surface area contributed by atoms with Gasteiger partial charge in [-0.25, -0.2) is 14.6 Å². The Bertz CT molecular complexity index is 508. The Balaban J connectivity index is 1.88. The van der Waals surface area contributed by atoms with Crippen molar-refractivity contribution in [2.45, 2.75) is 25.0 Å². The van der Waals surface area contributed by atoms with Gasteiger partial charge >= 0.3 is 11.9 Å². The molecule has 2 rings (SSSR count). The van der Waals surface area contributed by atoms with Gasteiger partial charge in [0.1, 0.15) is 5.82 Å². The molecule has 2 heterocycles. The molecule has 20 heavy (non-hydrogen) atoms. The van der Waals surface area contributed by atoms with Crippen LogP contribution in [0, 0.1) is 0 Å². The van der Waals surface area contributed by atoms with Crippen LogP contribution in [0.5, 0.6) is 0 Å². The number of hydrogen-bond donors (Lipinski definition) is 2. The van der Waals surface area contributed by atoms with Gasteiger partial charge in [-0.15, -0.1) is 0 Å². The van der Waals surface area contributed by atoms with E-state index in [9.17, 15) is 9.59 Å². The van der Waals surface area contributed by atoms with Crippen molar-refractivity contribution in [2.75, 3.05) is 19.0 Å². The van der Waals surface area contributed by atoms with Crippen molar-refractivity contribution >= 4 is 17.8 Å². The van der Waals surface area contributed by atoms with Crippen LogP contribution in [0.25, 0.3) is 0 Å². The van der Waals surface area contributed by atoms with Crippen molar-refractivity contribution in [3.63, 3.8) is 0 Å². The Morgan fingerprint density at radius 3 is 2.95 bits per heavy atom. The topological polar surface area (TPSA) is 111 Å². The summed E-state index contributed by atoms with van der Waals surface area (Å²) in [5.74, 6) is -1.10. The van der Waals surface area contributed by atoms with Crippen molar-refractivity contribution in [2.24, 2.45) is 0 Å². The zero-order valence-electron chi connectivity index (χ0n) is 10.9. The van der Waals surface area contributed by atoms with Gasteiger partial charge in [-0.2, -0.15) is 0 Å². The summed E-state index contributed by atoms with van der Waals surface area (Å²) >= 11 is 0. The van der Waals surface area contributed by atoms with Gasteiger partial charge in [-0.3, -0.25) is 4.98 Å². The molecule has 0 aromatic carbocycles. The number of aromatic nitrogens is 2. The average molecular weight is 281 g/mol. The summed E-state index contributed by atoms with van der Waals surface area (Å²) in [7, 11) is 1.27. The van der Waals surface area contributed by atoms with Gasteiger partial charge in [-0.05, 0) is 12.8 Å². The lowest BCUT2D eigenvalue weighted by Gasteiger charge is -2.12. The second-order valence-electron chi connectivity index (χ2n) is 4.32. The van der Waals surface area contributed by atoms with E-state index in [-0.39, 0.29) is 11.8 Å². The number of nitrogens with one attached hydrogen (secondary N) is 1.